The lowest BCUT2D eigenvalue weighted by Gasteiger charge is -2.28. The highest BCUT2D eigenvalue weighted by Crippen LogP contribution is 2.51. The van der Waals surface area contributed by atoms with Crippen molar-refractivity contribution in [1.29, 1.82) is 0 Å². The first kappa shape index (κ1) is 17.7. The lowest BCUT2D eigenvalue weighted by atomic mass is 9.96. The van der Waals surface area contributed by atoms with Crippen molar-refractivity contribution < 1.29 is 35.8 Å². The number of halogens is 7. The Hall–Kier alpha value is -1.31. The molecule has 0 N–H and O–H groups in total. The van der Waals surface area contributed by atoms with Gasteiger partial charge in [-0.1, -0.05) is 31.5 Å². The maximum atomic E-state index is 13.5. The monoisotopic (exact) mass is 317 g/mol. The molecular weight excluding hydrogens is 305 g/mol. The highest BCUT2D eigenvalue weighted by atomic mass is 19.4. The van der Waals surface area contributed by atoms with Crippen LogP contribution in [0.1, 0.15) is 37.0 Å². The Morgan fingerprint density at radius 2 is 1.62 bits per heavy atom. The van der Waals surface area contributed by atoms with Crippen molar-refractivity contribution >= 4 is 0 Å². The maximum absolute atomic E-state index is 13.5. The number of hydrogen-bond acceptors (Lipinski definition) is 0. The van der Waals surface area contributed by atoms with E-state index in [1.54, 1.807) is 6.92 Å². The molecule has 119 valence electrons. The van der Waals surface area contributed by atoms with E-state index in [4.69, 9.17) is 0 Å². The molecule has 0 aromatic heterocycles. The number of benzene rings is 1. The zero-order valence-corrected chi connectivity index (χ0v) is 10.9. The van der Waals surface area contributed by atoms with Crippen LogP contribution in [0.4, 0.5) is 30.7 Å². The lowest BCUT2D eigenvalue weighted by molar-refractivity contribution is -0.359. The van der Waals surface area contributed by atoms with E-state index in [1.807, 2.05) is 0 Å². The van der Waals surface area contributed by atoms with Crippen LogP contribution in [0.2, 0.25) is 0 Å². The Morgan fingerprint density at radius 3 is 2.10 bits per heavy atom. The van der Waals surface area contributed by atoms with Gasteiger partial charge in [-0.15, -0.1) is 0 Å². The van der Waals surface area contributed by atoms with Crippen LogP contribution in [-0.4, -0.2) is 12.1 Å². The topological polar surface area (TPSA) is 19.9 Å². The lowest BCUT2D eigenvalue weighted by Crippen LogP contribution is -2.50. The van der Waals surface area contributed by atoms with Crippen molar-refractivity contribution in [2.75, 3.05) is 0 Å². The molecule has 1 aromatic rings. The van der Waals surface area contributed by atoms with Crippen LogP contribution < -0.4 is 0 Å². The van der Waals surface area contributed by atoms with E-state index in [0.717, 1.165) is 12.1 Å². The van der Waals surface area contributed by atoms with Crippen molar-refractivity contribution in [2.24, 2.45) is 0 Å². The van der Waals surface area contributed by atoms with Crippen LogP contribution in [0.5, 0.6) is 0 Å². The molecule has 0 saturated heterocycles. The molecule has 0 aliphatic carbocycles. The summed E-state index contributed by atoms with van der Waals surface area (Å²) in [6.07, 6.45) is -7.37. The number of hydrogen-bond donors (Lipinski definition) is 0. The second-order valence-electron chi connectivity index (χ2n) is 4.55. The van der Waals surface area contributed by atoms with Gasteiger partial charge in [0.1, 0.15) is 6.10 Å². The van der Waals surface area contributed by atoms with Crippen LogP contribution in [-0.2, 0) is 11.0 Å². The summed E-state index contributed by atoms with van der Waals surface area (Å²) in [6, 6.07) is 2.85. The van der Waals surface area contributed by atoms with Gasteiger partial charge in [0.05, 0.1) is 0 Å². The zero-order chi connectivity index (χ0) is 16.5. The van der Waals surface area contributed by atoms with Gasteiger partial charge in [-0.25, -0.2) is 5.11 Å². The Balaban J connectivity index is 3.24. The fourth-order valence-corrected chi connectivity index (χ4v) is 1.72. The van der Waals surface area contributed by atoms with Gasteiger partial charge in [0.15, 0.2) is 0 Å². The summed E-state index contributed by atoms with van der Waals surface area (Å²) >= 11 is 0. The Bertz CT molecular complexity index is 482. The molecule has 0 amide bonds. The van der Waals surface area contributed by atoms with E-state index in [2.05, 4.69) is 0 Å². The normalized spacial score (nSPS) is 15.1. The third kappa shape index (κ3) is 3.30. The van der Waals surface area contributed by atoms with E-state index in [1.165, 1.54) is 0 Å². The summed E-state index contributed by atoms with van der Waals surface area (Å²) in [4.78, 5) is 0. The summed E-state index contributed by atoms with van der Waals surface area (Å²) in [5.74, 6) is -11.7. The zero-order valence-electron chi connectivity index (χ0n) is 10.9. The molecule has 0 bridgehead atoms. The third-order valence-corrected chi connectivity index (χ3v) is 2.92. The average Bonchev–Trinajstić information content (AvgIpc) is 2.37. The van der Waals surface area contributed by atoms with Crippen LogP contribution in [0, 0.1) is 0 Å². The smallest absolute Gasteiger partial charge is 0.228 e. The Labute approximate surface area is 116 Å². The highest BCUT2D eigenvalue weighted by Gasteiger charge is 2.73. The molecule has 0 heterocycles. The van der Waals surface area contributed by atoms with Gasteiger partial charge in [0.2, 0.25) is 0 Å². The van der Waals surface area contributed by atoms with Crippen LogP contribution >= 0.6 is 0 Å². The summed E-state index contributed by atoms with van der Waals surface area (Å²) in [5.41, 5.74) is -1.77. The predicted molar refractivity (Wildman–Crippen MR) is 59.7 cm³/mol. The van der Waals surface area contributed by atoms with E-state index in [-0.39, 0.29) is 12.0 Å². The minimum Gasteiger partial charge on any atom is -0.228 e. The molecule has 1 atom stereocenters. The molecule has 0 aliphatic rings. The van der Waals surface area contributed by atoms with Gasteiger partial charge in [0, 0.05) is 5.56 Å². The van der Waals surface area contributed by atoms with Crippen LogP contribution in [0.3, 0.4) is 0 Å². The molecule has 1 radical (unpaired) electrons. The number of rotatable bonds is 5. The van der Waals surface area contributed by atoms with Gasteiger partial charge < -0.3 is 0 Å². The van der Waals surface area contributed by atoms with Crippen molar-refractivity contribution in [3.63, 3.8) is 0 Å². The minimum atomic E-state index is -6.40. The molecule has 8 heteroatoms. The van der Waals surface area contributed by atoms with E-state index >= 15 is 0 Å². The molecule has 0 saturated carbocycles. The first-order chi connectivity index (χ1) is 9.45. The second-order valence-corrected chi connectivity index (χ2v) is 4.55. The largest absolute Gasteiger partial charge is 0.460 e. The minimum absolute atomic E-state index is 0.0602. The Kier molecular flexibility index (Phi) is 4.92. The van der Waals surface area contributed by atoms with Crippen LogP contribution in [0.25, 0.3) is 0 Å². The SMILES string of the molecule is CCCC([O])c1cccc(C(F)(F)C(F)(F)C(F)(F)F)c1. The quantitative estimate of drug-likeness (QED) is 0.661. The van der Waals surface area contributed by atoms with E-state index in [0.29, 0.717) is 18.6 Å². The molecule has 0 aliphatic heterocycles. The van der Waals surface area contributed by atoms with Gasteiger partial charge in [0.25, 0.3) is 0 Å². The molecule has 1 unspecified atom stereocenters. The van der Waals surface area contributed by atoms with E-state index in [9.17, 15) is 35.8 Å². The maximum Gasteiger partial charge on any atom is 0.460 e. The molecule has 0 spiro atoms. The molecule has 1 nitrogen and oxygen atoms in total. The van der Waals surface area contributed by atoms with Gasteiger partial charge in [-0.05, 0) is 18.1 Å². The van der Waals surface area contributed by atoms with Gasteiger partial charge in [-0.3, -0.25) is 0 Å². The molecule has 21 heavy (non-hydrogen) atoms. The van der Waals surface area contributed by atoms with Gasteiger partial charge >= 0.3 is 18.0 Å². The van der Waals surface area contributed by atoms with Crippen molar-refractivity contribution in [2.45, 2.75) is 43.9 Å². The molecule has 0 fully saturated rings. The van der Waals surface area contributed by atoms with Crippen molar-refractivity contribution in [3.05, 3.63) is 35.4 Å². The average molecular weight is 317 g/mol. The summed E-state index contributed by atoms with van der Waals surface area (Å²) in [5, 5.41) is 11.6. The van der Waals surface area contributed by atoms with Crippen LogP contribution in [0.15, 0.2) is 24.3 Å². The summed E-state index contributed by atoms with van der Waals surface area (Å²) in [7, 11) is 0. The van der Waals surface area contributed by atoms with Crippen molar-refractivity contribution in [3.8, 4) is 0 Å². The second kappa shape index (κ2) is 5.82. The molecular formula is C13H12F7O. The predicted octanol–water partition coefficient (Wildman–Crippen LogP) is 5.25. The fraction of sp³-hybridized carbons (Fsp3) is 0.538. The molecule has 1 aromatic carbocycles. The highest BCUT2D eigenvalue weighted by molar-refractivity contribution is 5.30. The molecule has 1 rings (SSSR count). The number of alkyl halides is 7. The fourth-order valence-electron chi connectivity index (χ4n) is 1.72. The standard InChI is InChI=1S/C13H12F7O/c1-2-4-10(21)8-5-3-6-9(7-8)11(14,15)12(16,17)13(18,19)20/h3,5-7,10H,2,4H2,1H3. The van der Waals surface area contributed by atoms with E-state index < -0.39 is 29.7 Å². The van der Waals surface area contributed by atoms with Crippen molar-refractivity contribution in [1.82, 2.24) is 0 Å². The summed E-state index contributed by atoms with van der Waals surface area (Å²) in [6.45, 7) is 1.65. The summed E-state index contributed by atoms with van der Waals surface area (Å²) < 4.78 is 89.1. The first-order valence-electron chi connectivity index (χ1n) is 6.03. The Morgan fingerprint density at radius 1 is 1.05 bits per heavy atom. The third-order valence-electron chi connectivity index (χ3n) is 2.92. The van der Waals surface area contributed by atoms with Gasteiger partial charge in [-0.2, -0.15) is 30.7 Å². The first-order valence-corrected chi connectivity index (χ1v) is 6.03.